The lowest BCUT2D eigenvalue weighted by molar-refractivity contribution is -0.121. The number of rotatable bonds is 5. The first-order valence-corrected chi connectivity index (χ1v) is 7.11. The highest BCUT2D eigenvalue weighted by molar-refractivity contribution is 7.87. The molecule has 0 amide bonds. The molecular formula is C9H18F3N3O2S. The highest BCUT2D eigenvalue weighted by Gasteiger charge is 2.37. The third kappa shape index (κ3) is 4.08. The van der Waals surface area contributed by atoms with E-state index in [4.69, 9.17) is 5.73 Å². The van der Waals surface area contributed by atoms with Crippen molar-refractivity contribution in [3.63, 3.8) is 0 Å². The minimum Gasteiger partial charge on any atom is -0.330 e. The lowest BCUT2D eigenvalue weighted by atomic mass is 10.0. The minimum atomic E-state index is -4.56. The second-order valence-electron chi connectivity index (χ2n) is 4.45. The van der Waals surface area contributed by atoms with Crippen LogP contribution in [0.3, 0.4) is 0 Å². The smallest absolute Gasteiger partial charge is 0.330 e. The van der Waals surface area contributed by atoms with Gasteiger partial charge in [-0.05, 0) is 25.3 Å². The van der Waals surface area contributed by atoms with E-state index in [2.05, 4.69) is 0 Å². The van der Waals surface area contributed by atoms with Gasteiger partial charge in [0.05, 0.1) is 0 Å². The molecule has 1 fully saturated rings. The van der Waals surface area contributed by atoms with E-state index in [0.29, 0.717) is 13.0 Å². The quantitative estimate of drug-likeness (QED) is 0.771. The molecule has 1 saturated carbocycles. The normalized spacial score (nSPS) is 25.9. The van der Waals surface area contributed by atoms with Crippen molar-refractivity contribution in [2.75, 3.05) is 20.1 Å². The number of hydrogen-bond acceptors (Lipinski definition) is 3. The average molecular weight is 289 g/mol. The molecule has 1 aliphatic rings. The first kappa shape index (κ1) is 15.7. The summed E-state index contributed by atoms with van der Waals surface area (Å²) in [6.07, 6.45) is -2.28. The predicted octanol–water partition coefficient (Wildman–Crippen LogP) is 0.442. The molecule has 1 rings (SSSR count). The maximum Gasteiger partial charge on any atom is 0.402 e. The highest BCUT2D eigenvalue weighted by atomic mass is 32.2. The van der Waals surface area contributed by atoms with Gasteiger partial charge in [0.1, 0.15) is 6.54 Å². The zero-order valence-electron chi connectivity index (χ0n) is 10.1. The Morgan fingerprint density at radius 1 is 1.39 bits per heavy atom. The Morgan fingerprint density at radius 3 is 2.50 bits per heavy atom. The molecule has 0 spiro atoms. The van der Waals surface area contributed by atoms with Crippen LogP contribution in [-0.2, 0) is 10.2 Å². The van der Waals surface area contributed by atoms with E-state index in [1.54, 1.807) is 4.72 Å². The Balaban J connectivity index is 2.67. The van der Waals surface area contributed by atoms with E-state index in [9.17, 15) is 21.6 Å². The van der Waals surface area contributed by atoms with Gasteiger partial charge >= 0.3 is 6.18 Å². The molecule has 18 heavy (non-hydrogen) atoms. The van der Waals surface area contributed by atoms with Gasteiger partial charge in [-0.1, -0.05) is 6.42 Å². The van der Waals surface area contributed by atoms with Crippen molar-refractivity contribution in [1.29, 1.82) is 0 Å². The molecule has 0 heterocycles. The second kappa shape index (κ2) is 5.72. The molecule has 0 aromatic rings. The molecular weight excluding hydrogens is 271 g/mol. The molecule has 0 saturated heterocycles. The van der Waals surface area contributed by atoms with Crippen LogP contribution in [0.25, 0.3) is 0 Å². The summed E-state index contributed by atoms with van der Waals surface area (Å²) >= 11 is 0. The fraction of sp³-hybridized carbons (Fsp3) is 1.00. The van der Waals surface area contributed by atoms with Crippen molar-refractivity contribution < 1.29 is 21.6 Å². The summed E-state index contributed by atoms with van der Waals surface area (Å²) in [5.41, 5.74) is 5.53. The highest BCUT2D eigenvalue weighted by Crippen LogP contribution is 2.29. The zero-order valence-corrected chi connectivity index (χ0v) is 10.9. The van der Waals surface area contributed by atoms with Gasteiger partial charge in [0.25, 0.3) is 10.2 Å². The predicted molar refractivity (Wildman–Crippen MR) is 60.9 cm³/mol. The number of hydrogen-bond donors (Lipinski definition) is 2. The van der Waals surface area contributed by atoms with Crippen LogP contribution < -0.4 is 10.5 Å². The molecule has 0 radical (unpaired) electrons. The summed E-state index contributed by atoms with van der Waals surface area (Å²) < 4.78 is 61.9. The Kier molecular flexibility index (Phi) is 4.98. The standard InChI is InChI=1S/C9H18F3N3O2S/c1-15(8-4-2-3-7(8)5-13)18(16,17)14-6-9(10,11)12/h7-8,14H,2-6,13H2,1H3. The van der Waals surface area contributed by atoms with Crippen LogP contribution in [0.4, 0.5) is 13.2 Å². The van der Waals surface area contributed by atoms with Gasteiger partial charge in [0, 0.05) is 13.1 Å². The lowest BCUT2D eigenvalue weighted by Gasteiger charge is -2.28. The van der Waals surface area contributed by atoms with Crippen LogP contribution in [0.5, 0.6) is 0 Å². The van der Waals surface area contributed by atoms with E-state index in [-0.39, 0.29) is 12.0 Å². The number of nitrogens with two attached hydrogens (primary N) is 1. The summed E-state index contributed by atoms with van der Waals surface area (Å²) in [4.78, 5) is 0. The third-order valence-corrected chi connectivity index (χ3v) is 4.76. The number of nitrogens with one attached hydrogen (secondary N) is 1. The van der Waals surface area contributed by atoms with Crippen molar-refractivity contribution in [3.8, 4) is 0 Å². The van der Waals surface area contributed by atoms with Crippen molar-refractivity contribution in [2.24, 2.45) is 11.7 Å². The van der Waals surface area contributed by atoms with Crippen molar-refractivity contribution in [3.05, 3.63) is 0 Å². The van der Waals surface area contributed by atoms with Gasteiger partial charge in [-0.2, -0.15) is 30.6 Å². The van der Waals surface area contributed by atoms with Crippen LogP contribution in [0.2, 0.25) is 0 Å². The monoisotopic (exact) mass is 289 g/mol. The van der Waals surface area contributed by atoms with Crippen LogP contribution in [0.1, 0.15) is 19.3 Å². The molecule has 2 unspecified atom stereocenters. The minimum absolute atomic E-state index is 0.0115. The number of alkyl halides is 3. The molecule has 9 heteroatoms. The molecule has 0 aromatic carbocycles. The SMILES string of the molecule is CN(C1CCCC1CN)S(=O)(=O)NCC(F)(F)F. The van der Waals surface area contributed by atoms with E-state index >= 15 is 0 Å². The van der Waals surface area contributed by atoms with Gasteiger partial charge in [0.15, 0.2) is 0 Å². The summed E-state index contributed by atoms with van der Waals surface area (Å²) in [7, 11) is -2.82. The Labute approximate surface area is 105 Å². The number of halogens is 3. The van der Waals surface area contributed by atoms with Gasteiger partial charge in [0.2, 0.25) is 0 Å². The van der Waals surface area contributed by atoms with Gasteiger partial charge in [-0.25, -0.2) is 0 Å². The maximum atomic E-state index is 12.0. The molecule has 0 aliphatic heterocycles. The Morgan fingerprint density at radius 2 is 2.00 bits per heavy atom. The second-order valence-corrected chi connectivity index (χ2v) is 6.27. The summed E-state index contributed by atoms with van der Waals surface area (Å²) in [6, 6.07) is -0.319. The first-order valence-electron chi connectivity index (χ1n) is 5.67. The molecule has 0 bridgehead atoms. The van der Waals surface area contributed by atoms with Crippen LogP contribution in [0, 0.1) is 5.92 Å². The van der Waals surface area contributed by atoms with Gasteiger partial charge < -0.3 is 5.73 Å². The van der Waals surface area contributed by atoms with Crippen LogP contribution in [-0.4, -0.2) is 45.1 Å². The largest absolute Gasteiger partial charge is 0.402 e. The topological polar surface area (TPSA) is 75.4 Å². The molecule has 108 valence electrons. The first-order chi connectivity index (χ1) is 8.17. The Bertz CT molecular complexity index is 372. The molecule has 0 aromatic heterocycles. The van der Waals surface area contributed by atoms with Gasteiger partial charge in [-0.15, -0.1) is 0 Å². The molecule has 3 N–H and O–H groups in total. The third-order valence-electron chi connectivity index (χ3n) is 3.22. The van der Waals surface area contributed by atoms with Crippen LogP contribution >= 0.6 is 0 Å². The van der Waals surface area contributed by atoms with Crippen molar-refractivity contribution in [1.82, 2.24) is 9.03 Å². The van der Waals surface area contributed by atoms with E-state index in [1.165, 1.54) is 7.05 Å². The summed E-state index contributed by atoms with van der Waals surface area (Å²) in [5.74, 6) is 0.0115. The molecule has 2 atom stereocenters. The average Bonchev–Trinajstić information content (AvgIpc) is 2.72. The zero-order chi connectivity index (χ0) is 14.0. The van der Waals surface area contributed by atoms with E-state index in [1.807, 2.05) is 0 Å². The maximum absolute atomic E-state index is 12.0. The summed E-state index contributed by atoms with van der Waals surface area (Å²) in [6.45, 7) is -1.22. The fourth-order valence-electron chi connectivity index (χ4n) is 2.22. The lowest BCUT2D eigenvalue weighted by Crippen LogP contribution is -2.48. The van der Waals surface area contributed by atoms with Crippen LogP contribution in [0.15, 0.2) is 0 Å². The number of nitrogens with zero attached hydrogens (tertiary/aromatic N) is 1. The van der Waals surface area contributed by atoms with E-state index in [0.717, 1.165) is 17.1 Å². The van der Waals surface area contributed by atoms with Crippen molar-refractivity contribution >= 4 is 10.2 Å². The molecule has 5 nitrogen and oxygen atoms in total. The fourth-order valence-corrected chi connectivity index (χ4v) is 3.41. The van der Waals surface area contributed by atoms with Crippen molar-refractivity contribution in [2.45, 2.75) is 31.5 Å². The molecule has 1 aliphatic carbocycles. The van der Waals surface area contributed by atoms with E-state index < -0.39 is 22.9 Å². The summed E-state index contributed by atoms with van der Waals surface area (Å²) in [5, 5.41) is 0. The Hall–Kier alpha value is -0.380. The van der Waals surface area contributed by atoms with Gasteiger partial charge in [-0.3, -0.25) is 0 Å².